The van der Waals surface area contributed by atoms with Gasteiger partial charge in [-0.05, 0) is 86.8 Å². The summed E-state index contributed by atoms with van der Waals surface area (Å²) in [5.41, 5.74) is 7.36. The third-order valence-corrected chi connectivity index (χ3v) is 6.26. The Morgan fingerprint density at radius 3 is 2.32 bits per heavy atom. The lowest BCUT2D eigenvalue weighted by Crippen LogP contribution is -2.47. The van der Waals surface area contributed by atoms with Gasteiger partial charge in [-0.25, -0.2) is 0 Å². The van der Waals surface area contributed by atoms with Crippen LogP contribution < -0.4 is 5.73 Å². The molecule has 104 valence electrons. The number of hydrogen-bond acceptors (Lipinski definition) is 1. The summed E-state index contributed by atoms with van der Waals surface area (Å²) in [6.07, 6.45) is 10.8. The Morgan fingerprint density at radius 1 is 1.11 bits per heavy atom. The number of aromatic nitrogens is 1. The number of rotatable bonds is 4. The van der Waals surface area contributed by atoms with Gasteiger partial charge in [-0.1, -0.05) is 0 Å². The van der Waals surface area contributed by atoms with Crippen LogP contribution >= 0.6 is 0 Å². The molecule has 3 N–H and O–H groups in total. The van der Waals surface area contributed by atoms with Crippen molar-refractivity contribution in [3.63, 3.8) is 0 Å². The zero-order valence-corrected chi connectivity index (χ0v) is 11.7. The van der Waals surface area contributed by atoms with Gasteiger partial charge in [-0.2, -0.15) is 0 Å². The highest BCUT2D eigenvalue weighted by molar-refractivity contribution is 5.15. The summed E-state index contributed by atoms with van der Waals surface area (Å²) >= 11 is 0. The van der Waals surface area contributed by atoms with Crippen molar-refractivity contribution in [3.8, 4) is 0 Å². The van der Waals surface area contributed by atoms with Gasteiger partial charge in [-0.15, -0.1) is 0 Å². The molecule has 1 heterocycles. The fraction of sp³-hybridized carbons (Fsp3) is 0.765. The fourth-order valence-electron chi connectivity index (χ4n) is 5.93. The number of H-pyrrole nitrogens is 1. The molecule has 0 aromatic carbocycles. The van der Waals surface area contributed by atoms with Crippen LogP contribution in [0.3, 0.4) is 0 Å². The van der Waals surface area contributed by atoms with Crippen LogP contribution in [0.15, 0.2) is 18.3 Å². The maximum absolute atomic E-state index is 5.91. The first-order valence-corrected chi connectivity index (χ1v) is 8.18. The zero-order valence-electron chi connectivity index (χ0n) is 11.7. The van der Waals surface area contributed by atoms with Crippen molar-refractivity contribution in [2.45, 2.75) is 44.4 Å². The molecule has 1 atom stereocenters. The molecule has 1 aromatic rings. The van der Waals surface area contributed by atoms with Gasteiger partial charge in [-0.3, -0.25) is 0 Å². The van der Waals surface area contributed by atoms with Gasteiger partial charge in [0.15, 0.2) is 0 Å². The van der Waals surface area contributed by atoms with Crippen molar-refractivity contribution in [3.05, 3.63) is 24.0 Å². The second-order valence-electron chi connectivity index (χ2n) is 7.32. The molecule has 1 unspecified atom stereocenters. The van der Waals surface area contributed by atoms with E-state index in [1.165, 1.54) is 31.4 Å². The number of nitrogens with one attached hydrogen (secondary N) is 1. The summed E-state index contributed by atoms with van der Waals surface area (Å²) in [5.74, 6) is 5.74. The lowest BCUT2D eigenvalue weighted by atomic mass is 9.49. The molecule has 4 fully saturated rings. The molecule has 2 nitrogen and oxygen atoms in total. The van der Waals surface area contributed by atoms with E-state index in [2.05, 4.69) is 23.3 Å². The van der Waals surface area contributed by atoms with Crippen LogP contribution in [-0.2, 0) is 0 Å². The standard InChI is InChI=1S/C17H26N2/c18-4-3-15(16-2-1-5-19-16)17-13-7-11-6-12(9-13)10-14(17)8-11/h1-2,5,11-15,17,19H,3-4,6-10,18H2. The molecule has 19 heavy (non-hydrogen) atoms. The third-order valence-electron chi connectivity index (χ3n) is 6.26. The third kappa shape index (κ3) is 1.96. The fourth-order valence-corrected chi connectivity index (χ4v) is 5.93. The first-order chi connectivity index (χ1) is 9.35. The number of nitrogens with two attached hydrogens (primary N) is 1. The zero-order chi connectivity index (χ0) is 12.8. The van der Waals surface area contributed by atoms with Crippen LogP contribution in [0.4, 0.5) is 0 Å². The maximum Gasteiger partial charge on any atom is 0.0182 e. The second-order valence-corrected chi connectivity index (χ2v) is 7.32. The summed E-state index contributed by atoms with van der Waals surface area (Å²) in [6, 6.07) is 4.43. The quantitative estimate of drug-likeness (QED) is 0.852. The SMILES string of the molecule is NCCC(c1ccc[nH]1)C1C2CC3CC(C2)CC1C3. The van der Waals surface area contributed by atoms with Gasteiger partial charge >= 0.3 is 0 Å². The highest BCUT2D eigenvalue weighted by Crippen LogP contribution is 2.60. The minimum Gasteiger partial charge on any atom is -0.365 e. The van der Waals surface area contributed by atoms with E-state index in [0.717, 1.165) is 42.6 Å². The minimum absolute atomic E-state index is 0.690. The summed E-state index contributed by atoms with van der Waals surface area (Å²) in [5, 5.41) is 0. The van der Waals surface area contributed by atoms with Crippen LogP contribution in [0, 0.1) is 29.6 Å². The van der Waals surface area contributed by atoms with E-state index in [1.807, 2.05) is 0 Å². The van der Waals surface area contributed by atoms with Crippen molar-refractivity contribution < 1.29 is 0 Å². The average molecular weight is 258 g/mol. The predicted octanol–water partition coefficient (Wildman–Crippen LogP) is 3.52. The topological polar surface area (TPSA) is 41.8 Å². The summed E-state index contributed by atoms with van der Waals surface area (Å²) in [6.45, 7) is 0.826. The maximum atomic E-state index is 5.91. The molecule has 4 bridgehead atoms. The Balaban J connectivity index is 1.62. The molecule has 0 saturated heterocycles. The molecular weight excluding hydrogens is 232 g/mol. The number of aromatic amines is 1. The van der Waals surface area contributed by atoms with Crippen LogP contribution in [0.5, 0.6) is 0 Å². The Hall–Kier alpha value is -0.760. The highest BCUT2D eigenvalue weighted by Gasteiger charge is 2.50. The van der Waals surface area contributed by atoms with Crippen molar-refractivity contribution in [1.82, 2.24) is 4.98 Å². The highest BCUT2D eigenvalue weighted by atomic mass is 14.7. The molecule has 4 aliphatic carbocycles. The van der Waals surface area contributed by atoms with E-state index >= 15 is 0 Å². The number of hydrogen-bond donors (Lipinski definition) is 2. The first-order valence-electron chi connectivity index (χ1n) is 8.18. The molecule has 0 spiro atoms. The normalized spacial score (nSPS) is 41.6. The van der Waals surface area contributed by atoms with E-state index in [-0.39, 0.29) is 0 Å². The summed E-state index contributed by atoms with van der Waals surface area (Å²) in [4.78, 5) is 3.48. The molecule has 0 aliphatic heterocycles. The molecule has 0 amide bonds. The van der Waals surface area contributed by atoms with Crippen LogP contribution in [0.1, 0.15) is 50.1 Å². The van der Waals surface area contributed by atoms with Crippen LogP contribution in [0.25, 0.3) is 0 Å². The van der Waals surface area contributed by atoms with E-state index in [0.29, 0.717) is 5.92 Å². The molecule has 2 heteroatoms. The monoisotopic (exact) mass is 258 g/mol. The Morgan fingerprint density at radius 2 is 1.79 bits per heavy atom. The van der Waals surface area contributed by atoms with Gasteiger partial charge in [0.1, 0.15) is 0 Å². The Bertz CT molecular complexity index is 394. The van der Waals surface area contributed by atoms with Crippen molar-refractivity contribution in [1.29, 1.82) is 0 Å². The summed E-state index contributed by atoms with van der Waals surface area (Å²) in [7, 11) is 0. The minimum atomic E-state index is 0.690. The Labute approximate surface area is 116 Å². The molecule has 4 saturated carbocycles. The second kappa shape index (κ2) is 4.66. The average Bonchev–Trinajstić information content (AvgIpc) is 2.89. The van der Waals surface area contributed by atoms with Gasteiger partial charge < -0.3 is 10.7 Å². The Kier molecular flexibility index (Phi) is 2.95. The molecular formula is C17H26N2. The van der Waals surface area contributed by atoms with Gasteiger partial charge in [0, 0.05) is 17.8 Å². The molecule has 4 aliphatic rings. The van der Waals surface area contributed by atoms with Crippen LogP contribution in [-0.4, -0.2) is 11.5 Å². The van der Waals surface area contributed by atoms with Crippen LogP contribution in [0.2, 0.25) is 0 Å². The van der Waals surface area contributed by atoms with E-state index in [1.54, 1.807) is 6.42 Å². The van der Waals surface area contributed by atoms with Crippen molar-refractivity contribution in [2.24, 2.45) is 35.3 Å². The first kappa shape index (κ1) is 12.0. The van der Waals surface area contributed by atoms with E-state index in [9.17, 15) is 0 Å². The lowest BCUT2D eigenvalue weighted by Gasteiger charge is -2.56. The van der Waals surface area contributed by atoms with E-state index < -0.39 is 0 Å². The molecule has 1 aromatic heterocycles. The predicted molar refractivity (Wildman–Crippen MR) is 77.7 cm³/mol. The largest absolute Gasteiger partial charge is 0.365 e. The van der Waals surface area contributed by atoms with Gasteiger partial charge in [0.2, 0.25) is 0 Å². The lowest BCUT2D eigenvalue weighted by molar-refractivity contribution is -0.0491. The van der Waals surface area contributed by atoms with Gasteiger partial charge in [0.25, 0.3) is 0 Å². The van der Waals surface area contributed by atoms with Crippen molar-refractivity contribution >= 4 is 0 Å². The van der Waals surface area contributed by atoms with Crippen molar-refractivity contribution in [2.75, 3.05) is 6.54 Å². The molecule has 0 radical (unpaired) electrons. The summed E-state index contributed by atoms with van der Waals surface area (Å²) < 4.78 is 0. The van der Waals surface area contributed by atoms with Gasteiger partial charge in [0.05, 0.1) is 0 Å². The molecule has 5 rings (SSSR count). The van der Waals surface area contributed by atoms with E-state index in [4.69, 9.17) is 5.73 Å². The smallest absolute Gasteiger partial charge is 0.0182 e.